The van der Waals surface area contributed by atoms with Crippen LogP contribution in [0.5, 0.6) is 5.75 Å². The first kappa shape index (κ1) is 11.6. The molecule has 0 bridgehead atoms. The number of benzene rings is 1. The summed E-state index contributed by atoms with van der Waals surface area (Å²) in [4.78, 5) is 0. The van der Waals surface area contributed by atoms with Crippen LogP contribution in [0.25, 0.3) is 0 Å². The van der Waals surface area contributed by atoms with Crippen molar-refractivity contribution in [3.05, 3.63) is 29.8 Å². The summed E-state index contributed by atoms with van der Waals surface area (Å²) >= 11 is 3.49. The predicted molar refractivity (Wildman–Crippen MR) is 64.2 cm³/mol. The number of ether oxygens (including phenoxy) is 1. The van der Waals surface area contributed by atoms with Gasteiger partial charge in [-0.15, -0.1) is 0 Å². The van der Waals surface area contributed by atoms with E-state index < -0.39 is 0 Å². The lowest BCUT2D eigenvalue weighted by molar-refractivity contribution is 0.258. The van der Waals surface area contributed by atoms with Gasteiger partial charge in [-0.3, -0.25) is 0 Å². The minimum Gasteiger partial charge on any atom is -0.493 e. The summed E-state index contributed by atoms with van der Waals surface area (Å²) in [7, 11) is 0. The number of hydrogen-bond donors (Lipinski definition) is 0. The number of rotatable bonds is 5. The van der Waals surface area contributed by atoms with Gasteiger partial charge in [0.25, 0.3) is 0 Å². The smallest absolute Gasteiger partial charge is 0.122 e. The van der Waals surface area contributed by atoms with Crippen LogP contribution in [0.15, 0.2) is 24.3 Å². The first-order chi connectivity index (χ1) is 6.77. The second-order valence-electron chi connectivity index (χ2n) is 3.51. The van der Waals surface area contributed by atoms with Crippen LogP contribution in [0.4, 0.5) is 0 Å². The Hall–Kier alpha value is -0.500. The number of aryl methyl sites for hydroxylation is 1. The highest BCUT2D eigenvalue weighted by Gasteiger charge is 2.05. The number of hydrogen-bond acceptors (Lipinski definition) is 1. The van der Waals surface area contributed by atoms with Gasteiger partial charge >= 0.3 is 0 Å². The highest BCUT2D eigenvalue weighted by molar-refractivity contribution is 9.09. The largest absolute Gasteiger partial charge is 0.493 e. The molecule has 0 N–H and O–H groups in total. The summed E-state index contributed by atoms with van der Waals surface area (Å²) in [5.74, 6) is 1.61. The molecule has 0 saturated heterocycles. The third-order valence-corrected chi connectivity index (χ3v) is 3.28. The highest BCUT2D eigenvalue weighted by atomic mass is 79.9. The molecule has 1 nitrogen and oxygen atoms in total. The van der Waals surface area contributed by atoms with Gasteiger partial charge in [-0.25, -0.2) is 0 Å². The van der Waals surface area contributed by atoms with Crippen LogP contribution in [-0.2, 0) is 0 Å². The van der Waals surface area contributed by atoms with Crippen LogP contribution < -0.4 is 4.74 Å². The first-order valence-corrected chi connectivity index (χ1v) is 6.14. The molecule has 0 fully saturated rings. The van der Waals surface area contributed by atoms with Gasteiger partial charge in [0.2, 0.25) is 0 Å². The van der Waals surface area contributed by atoms with Gasteiger partial charge in [0, 0.05) is 11.2 Å². The number of halogens is 1. The standard InChI is InChI=1S/C12H17BrO/c1-3-11(8-13)9-14-12-7-5-4-6-10(12)2/h4-7,11H,3,8-9H2,1-2H3. The van der Waals surface area contributed by atoms with Gasteiger partial charge in [0.1, 0.15) is 5.75 Å². The van der Waals surface area contributed by atoms with Crippen molar-refractivity contribution in [3.63, 3.8) is 0 Å². The average molecular weight is 257 g/mol. The van der Waals surface area contributed by atoms with Crippen LogP contribution in [-0.4, -0.2) is 11.9 Å². The highest BCUT2D eigenvalue weighted by Crippen LogP contribution is 2.18. The quantitative estimate of drug-likeness (QED) is 0.729. The van der Waals surface area contributed by atoms with E-state index in [1.807, 2.05) is 18.2 Å². The molecule has 1 rings (SSSR count). The van der Waals surface area contributed by atoms with Crippen molar-refractivity contribution >= 4 is 15.9 Å². The van der Waals surface area contributed by atoms with E-state index in [-0.39, 0.29) is 0 Å². The predicted octanol–water partition coefficient (Wildman–Crippen LogP) is 3.79. The van der Waals surface area contributed by atoms with Crippen LogP contribution >= 0.6 is 15.9 Å². The maximum Gasteiger partial charge on any atom is 0.122 e. The minimum atomic E-state index is 0.606. The van der Waals surface area contributed by atoms with E-state index in [2.05, 4.69) is 35.8 Å². The molecule has 1 atom stereocenters. The van der Waals surface area contributed by atoms with E-state index in [9.17, 15) is 0 Å². The van der Waals surface area contributed by atoms with Gasteiger partial charge in [0.15, 0.2) is 0 Å². The van der Waals surface area contributed by atoms with Gasteiger partial charge in [0.05, 0.1) is 6.61 Å². The molecule has 0 aliphatic heterocycles. The average Bonchev–Trinajstić information content (AvgIpc) is 2.22. The molecule has 0 spiro atoms. The Morgan fingerprint density at radius 2 is 2.07 bits per heavy atom. The van der Waals surface area contributed by atoms with Crippen molar-refractivity contribution in [2.24, 2.45) is 5.92 Å². The third kappa shape index (κ3) is 3.33. The van der Waals surface area contributed by atoms with E-state index in [4.69, 9.17) is 4.74 Å². The molecule has 0 saturated carbocycles. The van der Waals surface area contributed by atoms with E-state index in [0.717, 1.165) is 24.1 Å². The molecule has 1 unspecified atom stereocenters. The second-order valence-corrected chi connectivity index (χ2v) is 4.15. The molecule has 0 aromatic heterocycles. The fraction of sp³-hybridized carbons (Fsp3) is 0.500. The summed E-state index contributed by atoms with van der Waals surface area (Å²) < 4.78 is 5.75. The van der Waals surface area contributed by atoms with Gasteiger partial charge in [-0.2, -0.15) is 0 Å². The Kier molecular flexibility index (Phi) is 5.02. The summed E-state index contributed by atoms with van der Waals surface area (Å²) in [5, 5.41) is 1.01. The monoisotopic (exact) mass is 256 g/mol. The molecule has 1 aromatic rings. The molecule has 0 aliphatic carbocycles. The molecule has 0 aliphatic rings. The minimum absolute atomic E-state index is 0.606. The third-order valence-electron chi connectivity index (χ3n) is 2.36. The Balaban J connectivity index is 2.49. The summed E-state index contributed by atoms with van der Waals surface area (Å²) in [6.45, 7) is 5.06. The SMILES string of the molecule is CCC(CBr)COc1ccccc1C. The van der Waals surface area contributed by atoms with Gasteiger partial charge < -0.3 is 4.74 Å². The lowest BCUT2D eigenvalue weighted by Crippen LogP contribution is -2.12. The molecule has 2 heteroatoms. The molecule has 0 radical (unpaired) electrons. The van der Waals surface area contributed by atoms with Crippen molar-refractivity contribution in [3.8, 4) is 5.75 Å². The molecular formula is C12H17BrO. The lowest BCUT2D eigenvalue weighted by Gasteiger charge is -2.14. The van der Waals surface area contributed by atoms with Gasteiger partial charge in [-0.05, 0) is 25.0 Å². The number of para-hydroxylation sites is 1. The Morgan fingerprint density at radius 1 is 1.36 bits per heavy atom. The molecule has 0 amide bonds. The van der Waals surface area contributed by atoms with E-state index in [1.54, 1.807) is 0 Å². The van der Waals surface area contributed by atoms with E-state index >= 15 is 0 Å². The summed E-state index contributed by atoms with van der Waals surface area (Å²) in [6, 6.07) is 8.14. The first-order valence-electron chi connectivity index (χ1n) is 5.02. The molecule has 0 heterocycles. The summed E-state index contributed by atoms with van der Waals surface area (Å²) in [5.41, 5.74) is 1.21. The van der Waals surface area contributed by atoms with Crippen LogP contribution in [0.1, 0.15) is 18.9 Å². The molecule has 78 valence electrons. The normalized spacial score (nSPS) is 12.5. The maximum atomic E-state index is 5.75. The van der Waals surface area contributed by atoms with E-state index in [1.165, 1.54) is 5.56 Å². The van der Waals surface area contributed by atoms with Crippen molar-refractivity contribution in [1.29, 1.82) is 0 Å². The van der Waals surface area contributed by atoms with Crippen LogP contribution in [0, 0.1) is 12.8 Å². The maximum absolute atomic E-state index is 5.75. The van der Waals surface area contributed by atoms with Crippen molar-refractivity contribution in [2.75, 3.05) is 11.9 Å². The lowest BCUT2D eigenvalue weighted by atomic mass is 10.1. The molecular weight excluding hydrogens is 240 g/mol. The zero-order valence-electron chi connectivity index (χ0n) is 8.79. The van der Waals surface area contributed by atoms with Crippen molar-refractivity contribution in [1.82, 2.24) is 0 Å². The summed E-state index contributed by atoms with van der Waals surface area (Å²) in [6.07, 6.45) is 1.15. The number of alkyl halides is 1. The molecule has 1 aromatic carbocycles. The second kappa shape index (κ2) is 6.07. The molecule has 14 heavy (non-hydrogen) atoms. The van der Waals surface area contributed by atoms with Crippen molar-refractivity contribution in [2.45, 2.75) is 20.3 Å². The van der Waals surface area contributed by atoms with Crippen LogP contribution in [0.2, 0.25) is 0 Å². The van der Waals surface area contributed by atoms with Crippen LogP contribution in [0.3, 0.4) is 0 Å². The Morgan fingerprint density at radius 3 is 2.64 bits per heavy atom. The van der Waals surface area contributed by atoms with Gasteiger partial charge in [-0.1, -0.05) is 41.1 Å². The van der Waals surface area contributed by atoms with E-state index in [0.29, 0.717) is 5.92 Å². The zero-order valence-corrected chi connectivity index (χ0v) is 10.4. The Labute approximate surface area is 94.6 Å². The fourth-order valence-electron chi connectivity index (χ4n) is 1.20. The zero-order chi connectivity index (χ0) is 10.4. The van der Waals surface area contributed by atoms with Crippen molar-refractivity contribution < 1.29 is 4.74 Å². The fourth-order valence-corrected chi connectivity index (χ4v) is 1.84. The Bertz CT molecular complexity index is 269. The topological polar surface area (TPSA) is 9.23 Å².